The van der Waals surface area contributed by atoms with Crippen molar-refractivity contribution in [3.05, 3.63) is 29.8 Å². The summed E-state index contributed by atoms with van der Waals surface area (Å²) in [5, 5.41) is 8.79. The smallest absolute Gasteiger partial charge is 0.303 e. The minimum absolute atomic E-state index is 0. The van der Waals surface area contributed by atoms with Gasteiger partial charge in [-0.2, -0.15) is 0 Å². The minimum Gasteiger partial charge on any atom is -0.481 e. The van der Waals surface area contributed by atoms with Gasteiger partial charge in [0, 0.05) is 19.5 Å². The molecular weight excluding hydrogens is 337 g/mol. The van der Waals surface area contributed by atoms with Crippen molar-refractivity contribution in [2.45, 2.75) is 25.7 Å². The number of hydrogen-bond donors (Lipinski definition) is 2. The van der Waals surface area contributed by atoms with E-state index >= 15 is 0 Å². The first-order valence-corrected chi connectivity index (χ1v) is 7.68. The highest BCUT2D eigenvalue weighted by Crippen LogP contribution is 2.25. The molecule has 8 heteroatoms. The van der Waals surface area contributed by atoms with E-state index in [4.69, 9.17) is 5.11 Å². The normalized spacial score (nSPS) is 17.5. The van der Waals surface area contributed by atoms with Crippen LogP contribution in [0.15, 0.2) is 18.5 Å². The lowest BCUT2D eigenvalue weighted by Gasteiger charge is -2.32. The SMILES string of the molecule is Cl.O=C(O)CCC1CCCN(C(=O)c2cc(F)cc3[nH]cnc23)C1. The lowest BCUT2D eigenvalue weighted by Crippen LogP contribution is -2.40. The Morgan fingerprint density at radius 2 is 2.21 bits per heavy atom. The summed E-state index contributed by atoms with van der Waals surface area (Å²) in [6.45, 7) is 1.11. The van der Waals surface area contributed by atoms with Gasteiger partial charge in [0.15, 0.2) is 0 Å². The topological polar surface area (TPSA) is 86.3 Å². The van der Waals surface area contributed by atoms with Crippen LogP contribution < -0.4 is 0 Å². The number of nitrogens with zero attached hydrogens (tertiary/aromatic N) is 2. The van der Waals surface area contributed by atoms with Gasteiger partial charge in [-0.15, -0.1) is 12.4 Å². The van der Waals surface area contributed by atoms with Gasteiger partial charge < -0.3 is 15.0 Å². The molecule has 1 saturated heterocycles. The van der Waals surface area contributed by atoms with Crippen LogP contribution in [0.2, 0.25) is 0 Å². The van der Waals surface area contributed by atoms with Crippen LogP contribution in [-0.4, -0.2) is 44.9 Å². The van der Waals surface area contributed by atoms with Crippen LogP contribution in [0.25, 0.3) is 11.0 Å². The summed E-state index contributed by atoms with van der Waals surface area (Å²) in [6.07, 6.45) is 3.84. The third-order valence-electron chi connectivity index (χ3n) is 4.29. The summed E-state index contributed by atoms with van der Waals surface area (Å²) >= 11 is 0. The van der Waals surface area contributed by atoms with Crippen LogP contribution in [-0.2, 0) is 4.79 Å². The minimum atomic E-state index is -0.822. The third kappa shape index (κ3) is 3.84. The maximum atomic E-state index is 13.7. The molecule has 130 valence electrons. The summed E-state index contributed by atoms with van der Waals surface area (Å²) < 4.78 is 13.7. The quantitative estimate of drug-likeness (QED) is 0.883. The lowest BCUT2D eigenvalue weighted by molar-refractivity contribution is -0.137. The number of benzene rings is 1. The number of H-pyrrole nitrogens is 1. The van der Waals surface area contributed by atoms with Crippen molar-refractivity contribution in [1.82, 2.24) is 14.9 Å². The number of carbonyl (C=O) groups excluding carboxylic acids is 1. The molecule has 2 heterocycles. The first-order valence-electron chi connectivity index (χ1n) is 7.68. The summed E-state index contributed by atoms with van der Waals surface area (Å²) in [5.41, 5.74) is 1.21. The summed E-state index contributed by atoms with van der Waals surface area (Å²) in [5.74, 6) is -1.38. The van der Waals surface area contributed by atoms with Gasteiger partial charge in [0.05, 0.1) is 17.4 Å². The fourth-order valence-corrected chi connectivity index (χ4v) is 3.16. The average Bonchev–Trinajstić information content (AvgIpc) is 3.00. The zero-order valence-electron chi connectivity index (χ0n) is 13.0. The Kier molecular flexibility index (Phi) is 5.77. The second-order valence-electron chi connectivity index (χ2n) is 5.94. The summed E-state index contributed by atoms with van der Waals surface area (Å²) in [4.78, 5) is 32.0. The highest BCUT2D eigenvalue weighted by Gasteiger charge is 2.26. The van der Waals surface area contributed by atoms with Gasteiger partial charge in [-0.05, 0) is 37.3 Å². The summed E-state index contributed by atoms with van der Waals surface area (Å²) in [6, 6.07) is 2.53. The maximum absolute atomic E-state index is 13.7. The van der Waals surface area contributed by atoms with Crippen LogP contribution in [0.5, 0.6) is 0 Å². The molecule has 1 aromatic carbocycles. The predicted molar refractivity (Wildman–Crippen MR) is 88.8 cm³/mol. The second-order valence-corrected chi connectivity index (χ2v) is 5.94. The highest BCUT2D eigenvalue weighted by molar-refractivity contribution is 6.04. The molecule has 2 aromatic rings. The van der Waals surface area contributed by atoms with Crippen LogP contribution in [0.4, 0.5) is 4.39 Å². The van der Waals surface area contributed by atoms with Gasteiger partial charge in [0.25, 0.3) is 5.91 Å². The van der Waals surface area contributed by atoms with Crippen molar-refractivity contribution in [3.8, 4) is 0 Å². The largest absolute Gasteiger partial charge is 0.481 e. The number of hydrogen-bond acceptors (Lipinski definition) is 3. The van der Waals surface area contributed by atoms with Gasteiger partial charge in [0.1, 0.15) is 11.3 Å². The average molecular weight is 356 g/mol. The molecule has 1 aliphatic heterocycles. The van der Waals surface area contributed by atoms with E-state index in [2.05, 4.69) is 9.97 Å². The Morgan fingerprint density at radius 3 is 2.96 bits per heavy atom. The first-order chi connectivity index (χ1) is 11.0. The number of aromatic amines is 1. The molecule has 0 radical (unpaired) electrons. The van der Waals surface area contributed by atoms with Gasteiger partial charge in [-0.3, -0.25) is 9.59 Å². The molecule has 0 bridgehead atoms. The standard InChI is InChI=1S/C16H18FN3O3.ClH/c17-11-6-12(15-13(7-11)18-9-19-15)16(23)20-5-1-2-10(8-20)3-4-14(21)22;/h6-7,9-10H,1-5,8H2,(H,18,19)(H,21,22);1H. The van der Waals surface area contributed by atoms with Crippen molar-refractivity contribution in [2.75, 3.05) is 13.1 Å². The van der Waals surface area contributed by atoms with Gasteiger partial charge >= 0.3 is 5.97 Å². The molecule has 1 atom stereocenters. The van der Waals surface area contributed by atoms with E-state index in [1.807, 2.05) is 0 Å². The number of halogens is 2. The molecule has 3 rings (SSSR count). The van der Waals surface area contributed by atoms with E-state index in [-0.39, 0.29) is 36.2 Å². The number of carbonyl (C=O) groups is 2. The molecule has 24 heavy (non-hydrogen) atoms. The zero-order valence-corrected chi connectivity index (χ0v) is 13.8. The van der Waals surface area contributed by atoms with Crippen molar-refractivity contribution < 1.29 is 19.1 Å². The second kappa shape index (κ2) is 7.61. The van der Waals surface area contributed by atoms with E-state index in [1.54, 1.807) is 4.90 Å². The molecule has 0 aliphatic carbocycles. The molecule has 1 aromatic heterocycles. The van der Waals surface area contributed by atoms with Crippen LogP contribution >= 0.6 is 12.4 Å². The number of carboxylic acids is 1. The Balaban J connectivity index is 0.00000208. The molecule has 0 saturated carbocycles. The maximum Gasteiger partial charge on any atom is 0.303 e. The number of carboxylic acid groups (broad SMARTS) is 1. The molecule has 1 unspecified atom stereocenters. The first kappa shape index (κ1) is 18.2. The number of likely N-dealkylation sites (tertiary alicyclic amines) is 1. The molecule has 1 fully saturated rings. The number of nitrogens with one attached hydrogen (secondary N) is 1. The van der Waals surface area contributed by atoms with Crippen molar-refractivity contribution in [2.24, 2.45) is 5.92 Å². The third-order valence-corrected chi connectivity index (χ3v) is 4.29. The number of fused-ring (bicyclic) bond motifs is 1. The van der Waals surface area contributed by atoms with Gasteiger partial charge in [0.2, 0.25) is 0 Å². The van der Waals surface area contributed by atoms with E-state index in [0.29, 0.717) is 30.5 Å². The Labute approximate surface area is 144 Å². The van der Waals surface area contributed by atoms with E-state index in [1.165, 1.54) is 18.5 Å². The van der Waals surface area contributed by atoms with Crippen molar-refractivity contribution in [3.63, 3.8) is 0 Å². The summed E-state index contributed by atoms with van der Waals surface area (Å²) in [7, 11) is 0. The lowest BCUT2D eigenvalue weighted by atomic mass is 9.93. The molecule has 2 N–H and O–H groups in total. The zero-order chi connectivity index (χ0) is 16.4. The van der Waals surface area contributed by atoms with Gasteiger partial charge in [-0.25, -0.2) is 9.37 Å². The molecule has 6 nitrogen and oxygen atoms in total. The Hall–Kier alpha value is -2.15. The van der Waals surface area contributed by atoms with E-state index < -0.39 is 11.8 Å². The van der Waals surface area contributed by atoms with Crippen LogP contribution in [0, 0.1) is 11.7 Å². The highest BCUT2D eigenvalue weighted by atomic mass is 35.5. The number of imidazole rings is 1. The van der Waals surface area contributed by atoms with Crippen molar-refractivity contribution in [1.29, 1.82) is 0 Å². The monoisotopic (exact) mass is 355 g/mol. The number of rotatable bonds is 4. The number of amides is 1. The van der Waals surface area contributed by atoms with E-state index in [0.717, 1.165) is 12.8 Å². The van der Waals surface area contributed by atoms with Gasteiger partial charge in [-0.1, -0.05) is 0 Å². The fourth-order valence-electron chi connectivity index (χ4n) is 3.16. The molecule has 0 spiro atoms. The number of aromatic nitrogens is 2. The molecular formula is C16H19ClFN3O3. The van der Waals surface area contributed by atoms with Crippen molar-refractivity contribution >= 4 is 35.3 Å². The number of piperidine rings is 1. The Bertz CT molecular complexity index is 749. The number of aliphatic carboxylic acids is 1. The predicted octanol–water partition coefficient (Wildman–Crippen LogP) is 2.84. The molecule has 1 aliphatic rings. The molecule has 1 amide bonds. The fraction of sp³-hybridized carbons (Fsp3) is 0.438. The van der Waals surface area contributed by atoms with E-state index in [9.17, 15) is 14.0 Å². The Morgan fingerprint density at radius 1 is 1.42 bits per heavy atom. The van der Waals surface area contributed by atoms with Crippen LogP contribution in [0.3, 0.4) is 0 Å². The van der Waals surface area contributed by atoms with Crippen LogP contribution in [0.1, 0.15) is 36.0 Å².